The molecule has 19 heavy (non-hydrogen) atoms. The Balaban J connectivity index is 1.72. The van der Waals surface area contributed by atoms with E-state index in [2.05, 4.69) is 22.8 Å². The van der Waals surface area contributed by atoms with E-state index in [4.69, 9.17) is 5.26 Å². The molecule has 3 nitrogen and oxygen atoms in total. The van der Waals surface area contributed by atoms with E-state index in [-0.39, 0.29) is 0 Å². The summed E-state index contributed by atoms with van der Waals surface area (Å²) in [5, 5.41) is 8.62. The molecule has 108 valence electrons. The van der Waals surface area contributed by atoms with Crippen LogP contribution in [-0.4, -0.2) is 48.6 Å². The molecule has 2 saturated heterocycles. The average Bonchev–Trinajstić information content (AvgIpc) is 2.42. The Morgan fingerprint density at radius 3 is 2.84 bits per heavy atom. The normalized spacial score (nSPS) is 30.1. The Labute approximate surface area is 118 Å². The molecule has 2 aliphatic rings. The maximum atomic E-state index is 8.62. The van der Waals surface area contributed by atoms with E-state index in [1.165, 1.54) is 58.3 Å². The Kier molecular flexibility index (Phi) is 6.13. The van der Waals surface area contributed by atoms with E-state index >= 15 is 0 Å². The number of unbranched alkanes of at least 4 members (excludes halogenated alkanes) is 1. The molecule has 0 N–H and O–H groups in total. The first-order valence-corrected chi connectivity index (χ1v) is 8.13. The molecule has 0 spiro atoms. The number of rotatable bonds is 5. The average molecular weight is 263 g/mol. The lowest BCUT2D eigenvalue weighted by molar-refractivity contribution is 0.0937. The molecule has 2 aliphatic heterocycles. The molecular formula is C16H29N3. The molecule has 0 aromatic rings. The van der Waals surface area contributed by atoms with Gasteiger partial charge in [-0.3, -0.25) is 0 Å². The van der Waals surface area contributed by atoms with Gasteiger partial charge in [-0.15, -0.1) is 0 Å². The molecule has 0 bridgehead atoms. The lowest BCUT2D eigenvalue weighted by atomic mass is 9.94. The van der Waals surface area contributed by atoms with Crippen molar-refractivity contribution in [2.75, 3.05) is 32.7 Å². The Bertz CT molecular complexity index is 297. The van der Waals surface area contributed by atoms with Crippen molar-refractivity contribution < 1.29 is 0 Å². The molecule has 0 radical (unpaired) electrons. The van der Waals surface area contributed by atoms with Crippen LogP contribution in [0.2, 0.25) is 0 Å². The fraction of sp³-hybridized carbons (Fsp3) is 0.938. The molecule has 0 aromatic carbocycles. The lowest BCUT2D eigenvalue weighted by Gasteiger charge is -2.39. The number of nitriles is 1. The molecule has 2 atom stereocenters. The summed E-state index contributed by atoms with van der Waals surface area (Å²) in [5.74, 6) is 0.858. The van der Waals surface area contributed by atoms with E-state index in [1.54, 1.807) is 0 Å². The van der Waals surface area contributed by atoms with E-state index in [0.717, 1.165) is 24.9 Å². The highest BCUT2D eigenvalue weighted by Crippen LogP contribution is 2.22. The van der Waals surface area contributed by atoms with Crippen molar-refractivity contribution in [3.05, 3.63) is 0 Å². The smallest absolute Gasteiger partial charge is 0.0622 e. The van der Waals surface area contributed by atoms with E-state index in [9.17, 15) is 0 Å². The minimum absolute atomic E-state index is 0.713. The third-order valence-electron chi connectivity index (χ3n) is 4.80. The van der Waals surface area contributed by atoms with Gasteiger partial charge in [-0.2, -0.15) is 5.26 Å². The van der Waals surface area contributed by atoms with Crippen LogP contribution in [-0.2, 0) is 0 Å². The molecule has 0 saturated carbocycles. The van der Waals surface area contributed by atoms with Gasteiger partial charge < -0.3 is 9.80 Å². The van der Waals surface area contributed by atoms with Gasteiger partial charge in [-0.1, -0.05) is 6.42 Å². The Morgan fingerprint density at radius 2 is 2.05 bits per heavy atom. The molecule has 0 amide bonds. The summed E-state index contributed by atoms with van der Waals surface area (Å²) in [5.41, 5.74) is 0. The summed E-state index contributed by atoms with van der Waals surface area (Å²) in [7, 11) is 0. The summed E-state index contributed by atoms with van der Waals surface area (Å²) in [4.78, 5) is 5.30. The highest BCUT2D eigenvalue weighted by atomic mass is 15.2. The van der Waals surface area contributed by atoms with E-state index < -0.39 is 0 Å². The van der Waals surface area contributed by atoms with Crippen LogP contribution in [0.3, 0.4) is 0 Å². The van der Waals surface area contributed by atoms with Crippen molar-refractivity contribution in [2.45, 2.75) is 57.9 Å². The zero-order valence-electron chi connectivity index (χ0n) is 12.5. The summed E-state index contributed by atoms with van der Waals surface area (Å²) in [6.45, 7) is 8.64. The van der Waals surface area contributed by atoms with Crippen molar-refractivity contribution in [3.8, 4) is 6.07 Å². The largest absolute Gasteiger partial charge is 0.303 e. The molecule has 3 heteroatoms. The maximum Gasteiger partial charge on any atom is 0.0622 e. The number of likely N-dealkylation sites (tertiary alicyclic amines) is 2. The van der Waals surface area contributed by atoms with E-state index in [0.29, 0.717) is 6.42 Å². The quantitative estimate of drug-likeness (QED) is 0.715. The molecular weight excluding hydrogens is 234 g/mol. The van der Waals surface area contributed by atoms with Gasteiger partial charge in [0, 0.05) is 25.6 Å². The second-order valence-corrected chi connectivity index (χ2v) is 6.41. The van der Waals surface area contributed by atoms with Crippen molar-refractivity contribution >= 4 is 0 Å². The Hall–Kier alpha value is -0.590. The fourth-order valence-electron chi connectivity index (χ4n) is 3.65. The third kappa shape index (κ3) is 4.78. The second-order valence-electron chi connectivity index (χ2n) is 6.41. The SMILES string of the molecule is C[C@H]1CCCCN1C[C@H]1CCCN(CCCC#N)C1. The number of hydrogen-bond acceptors (Lipinski definition) is 3. The summed E-state index contributed by atoms with van der Waals surface area (Å²) < 4.78 is 0. The minimum Gasteiger partial charge on any atom is -0.303 e. The van der Waals surface area contributed by atoms with Crippen LogP contribution in [0.25, 0.3) is 0 Å². The van der Waals surface area contributed by atoms with Crippen LogP contribution in [0.5, 0.6) is 0 Å². The second kappa shape index (κ2) is 7.87. The van der Waals surface area contributed by atoms with Gasteiger partial charge in [0.2, 0.25) is 0 Å². The zero-order valence-corrected chi connectivity index (χ0v) is 12.5. The van der Waals surface area contributed by atoms with Gasteiger partial charge in [-0.05, 0) is 64.6 Å². The highest BCUT2D eigenvalue weighted by molar-refractivity contribution is 4.80. The standard InChI is InChI=1S/C16H29N3/c1-15-7-2-4-12-19(15)14-16-8-6-11-18(13-16)10-5-3-9-17/h15-16H,2-8,10-14H2,1H3/t15-,16-/m0/s1. The predicted molar refractivity (Wildman–Crippen MR) is 78.9 cm³/mol. The maximum absolute atomic E-state index is 8.62. The minimum atomic E-state index is 0.713. The molecule has 0 aromatic heterocycles. The van der Waals surface area contributed by atoms with E-state index in [1.807, 2.05) is 0 Å². The molecule has 2 fully saturated rings. The first kappa shape index (κ1) is 14.8. The van der Waals surface area contributed by atoms with Gasteiger partial charge >= 0.3 is 0 Å². The topological polar surface area (TPSA) is 30.3 Å². The van der Waals surface area contributed by atoms with Gasteiger partial charge in [0.1, 0.15) is 0 Å². The van der Waals surface area contributed by atoms with Crippen molar-refractivity contribution in [2.24, 2.45) is 5.92 Å². The number of piperidine rings is 2. The molecule has 0 aliphatic carbocycles. The zero-order chi connectivity index (χ0) is 13.5. The highest BCUT2D eigenvalue weighted by Gasteiger charge is 2.25. The van der Waals surface area contributed by atoms with Crippen LogP contribution in [0.1, 0.15) is 51.9 Å². The molecule has 2 heterocycles. The van der Waals surface area contributed by atoms with Crippen LogP contribution < -0.4 is 0 Å². The number of hydrogen-bond donors (Lipinski definition) is 0. The van der Waals surface area contributed by atoms with Crippen molar-refractivity contribution in [1.82, 2.24) is 9.80 Å². The van der Waals surface area contributed by atoms with Gasteiger partial charge in [0.15, 0.2) is 0 Å². The van der Waals surface area contributed by atoms with Crippen LogP contribution in [0, 0.1) is 17.2 Å². The first-order valence-electron chi connectivity index (χ1n) is 8.13. The van der Waals surface area contributed by atoms with Crippen LogP contribution >= 0.6 is 0 Å². The van der Waals surface area contributed by atoms with Crippen LogP contribution in [0.4, 0.5) is 0 Å². The monoisotopic (exact) mass is 263 g/mol. The van der Waals surface area contributed by atoms with Gasteiger partial charge in [-0.25, -0.2) is 0 Å². The Morgan fingerprint density at radius 1 is 1.16 bits per heavy atom. The summed E-state index contributed by atoms with van der Waals surface area (Å²) in [6, 6.07) is 3.05. The summed E-state index contributed by atoms with van der Waals surface area (Å²) in [6.07, 6.45) is 8.70. The number of nitrogens with zero attached hydrogens (tertiary/aromatic N) is 3. The third-order valence-corrected chi connectivity index (χ3v) is 4.80. The fourth-order valence-corrected chi connectivity index (χ4v) is 3.65. The van der Waals surface area contributed by atoms with Crippen LogP contribution in [0.15, 0.2) is 0 Å². The predicted octanol–water partition coefficient (Wildman–Crippen LogP) is 2.88. The lowest BCUT2D eigenvalue weighted by Crippen LogP contribution is -2.45. The summed E-state index contributed by atoms with van der Waals surface area (Å²) >= 11 is 0. The molecule has 0 unspecified atom stereocenters. The van der Waals surface area contributed by atoms with Crippen molar-refractivity contribution in [1.29, 1.82) is 5.26 Å². The van der Waals surface area contributed by atoms with Gasteiger partial charge in [0.05, 0.1) is 6.07 Å². The van der Waals surface area contributed by atoms with Gasteiger partial charge in [0.25, 0.3) is 0 Å². The van der Waals surface area contributed by atoms with Crippen molar-refractivity contribution in [3.63, 3.8) is 0 Å². The molecule has 2 rings (SSSR count). The first-order chi connectivity index (χ1) is 9.29.